The molecule has 0 spiro atoms. The van der Waals surface area contributed by atoms with Crippen LogP contribution in [-0.2, 0) is 13.0 Å². The summed E-state index contributed by atoms with van der Waals surface area (Å²) in [6.07, 6.45) is -0.459. The van der Waals surface area contributed by atoms with Crippen LogP contribution in [0.2, 0.25) is 0 Å². The number of phenolic OH excluding ortho intramolecular Hbond substituents is 1. The zero-order valence-corrected chi connectivity index (χ0v) is 8.47. The Labute approximate surface area is 92.2 Å². The minimum Gasteiger partial charge on any atom is -0.508 e. The van der Waals surface area contributed by atoms with E-state index in [1.807, 2.05) is 6.07 Å². The van der Waals surface area contributed by atoms with Crippen LogP contribution < -0.4 is 0 Å². The molecule has 0 bridgehead atoms. The van der Waals surface area contributed by atoms with Crippen LogP contribution in [0.4, 0.5) is 4.79 Å². The lowest BCUT2D eigenvalue weighted by atomic mass is 9.97. The number of rotatable bonds is 0. The molecule has 0 aromatic heterocycles. The van der Waals surface area contributed by atoms with Gasteiger partial charge in [0.25, 0.3) is 0 Å². The second-order valence-corrected chi connectivity index (χ2v) is 3.70. The summed E-state index contributed by atoms with van der Waals surface area (Å²) in [5, 5.41) is 27.3. The lowest BCUT2D eigenvalue weighted by molar-refractivity contribution is 0.139. The third kappa shape index (κ3) is 1.65. The molecule has 0 atom stereocenters. The van der Waals surface area contributed by atoms with E-state index in [0.29, 0.717) is 24.1 Å². The van der Waals surface area contributed by atoms with Crippen molar-refractivity contribution in [3.8, 4) is 11.8 Å². The molecule has 1 amide bonds. The summed E-state index contributed by atoms with van der Waals surface area (Å²) in [5.74, 6) is 0.000000000000000222. The van der Waals surface area contributed by atoms with Crippen molar-refractivity contribution in [2.24, 2.45) is 0 Å². The Bertz CT molecular complexity index is 491. The zero-order chi connectivity index (χ0) is 11.7. The molecule has 1 aliphatic heterocycles. The van der Waals surface area contributed by atoms with Crippen molar-refractivity contribution in [2.75, 3.05) is 6.54 Å². The molecule has 2 rings (SSSR count). The number of nitrogens with zero attached hydrogens (tertiary/aromatic N) is 2. The molecule has 0 radical (unpaired) electrons. The van der Waals surface area contributed by atoms with Gasteiger partial charge in [-0.3, -0.25) is 0 Å². The highest BCUT2D eigenvalue weighted by molar-refractivity contribution is 5.66. The van der Waals surface area contributed by atoms with Crippen molar-refractivity contribution in [3.63, 3.8) is 0 Å². The number of phenols is 1. The molecule has 2 N–H and O–H groups in total. The maximum absolute atomic E-state index is 10.8. The smallest absolute Gasteiger partial charge is 0.407 e. The van der Waals surface area contributed by atoms with Gasteiger partial charge in [-0.25, -0.2) is 4.79 Å². The van der Waals surface area contributed by atoms with Crippen LogP contribution in [-0.4, -0.2) is 27.8 Å². The molecule has 1 aromatic rings. The molecule has 5 heteroatoms. The van der Waals surface area contributed by atoms with Gasteiger partial charge in [0.2, 0.25) is 0 Å². The van der Waals surface area contributed by atoms with Gasteiger partial charge in [0.15, 0.2) is 0 Å². The zero-order valence-electron chi connectivity index (χ0n) is 8.47. The van der Waals surface area contributed by atoms with Gasteiger partial charge >= 0.3 is 6.09 Å². The van der Waals surface area contributed by atoms with Crippen LogP contribution in [0.25, 0.3) is 0 Å². The van der Waals surface area contributed by atoms with Crippen molar-refractivity contribution in [3.05, 3.63) is 28.8 Å². The minimum atomic E-state index is -0.991. The summed E-state index contributed by atoms with van der Waals surface area (Å²) in [6.45, 7) is 0.582. The van der Waals surface area contributed by atoms with Gasteiger partial charge < -0.3 is 15.1 Å². The maximum Gasteiger partial charge on any atom is 0.407 e. The summed E-state index contributed by atoms with van der Waals surface area (Å²) in [5.41, 5.74) is 1.86. The summed E-state index contributed by atoms with van der Waals surface area (Å²) in [7, 11) is 0. The van der Waals surface area contributed by atoms with Crippen LogP contribution >= 0.6 is 0 Å². The number of aromatic hydroxyl groups is 1. The van der Waals surface area contributed by atoms with E-state index in [0.717, 1.165) is 5.56 Å². The average molecular weight is 218 g/mol. The molecule has 1 aromatic carbocycles. The topological polar surface area (TPSA) is 84.6 Å². The van der Waals surface area contributed by atoms with Crippen LogP contribution in [0.5, 0.6) is 5.75 Å². The first-order valence-corrected chi connectivity index (χ1v) is 4.84. The molecular weight excluding hydrogens is 208 g/mol. The van der Waals surface area contributed by atoms with Crippen molar-refractivity contribution in [2.45, 2.75) is 13.0 Å². The fourth-order valence-corrected chi connectivity index (χ4v) is 1.87. The molecule has 0 aliphatic carbocycles. The largest absolute Gasteiger partial charge is 0.508 e. The summed E-state index contributed by atoms with van der Waals surface area (Å²) < 4.78 is 0. The first kappa shape index (κ1) is 10.3. The Morgan fingerprint density at radius 1 is 1.50 bits per heavy atom. The minimum absolute atomic E-state index is 0.000000000000000222. The standard InChI is InChI=1S/C11H10N2O3/c12-5-7-3-8-1-2-13(11(15)16)6-9(8)10(14)4-7/h3-4,14H,1-2,6H2,(H,15,16). The van der Waals surface area contributed by atoms with E-state index in [1.165, 1.54) is 11.0 Å². The number of hydrogen-bond acceptors (Lipinski definition) is 3. The molecule has 0 saturated carbocycles. The predicted octanol–water partition coefficient (Wildman–Crippen LogP) is 1.30. The Hall–Kier alpha value is -2.22. The van der Waals surface area contributed by atoms with E-state index in [9.17, 15) is 9.90 Å². The maximum atomic E-state index is 10.8. The fourth-order valence-electron chi connectivity index (χ4n) is 1.87. The SMILES string of the molecule is N#Cc1cc(O)c2c(c1)CCN(C(=O)O)C2. The molecule has 1 heterocycles. The van der Waals surface area contributed by atoms with E-state index < -0.39 is 6.09 Å². The summed E-state index contributed by atoms with van der Waals surface area (Å²) in [6, 6.07) is 5.03. The van der Waals surface area contributed by atoms with E-state index in [-0.39, 0.29) is 12.3 Å². The Morgan fingerprint density at radius 3 is 2.88 bits per heavy atom. The van der Waals surface area contributed by atoms with Crippen molar-refractivity contribution in [1.82, 2.24) is 4.90 Å². The summed E-state index contributed by atoms with van der Waals surface area (Å²) >= 11 is 0. The third-order valence-corrected chi connectivity index (χ3v) is 2.72. The van der Waals surface area contributed by atoms with Gasteiger partial charge in [0, 0.05) is 12.1 Å². The van der Waals surface area contributed by atoms with Crippen LogP contribution in [0.3, 0.4) is 0 Å². The number of nitriles is 1. The van der Waals surface area contributed by atoms with Gasteiger partial charge in [-0.05, 0) is 24.1 Å². The quantitative estimate of drug-likeness (QED) is 0.687. The Morgan fingerprint density at radius 2 is 2.25 bits per heavy atom. The highest BCUT2D eigenvalue weighted by Gasteiger charge is 2.22. The molecule has 82 valence electrons. The van der Waals surface area contributed by atoms with E-state index in [2.05, 4.69) is 0 Å². The second kappa shape index (κ2) is 3.74. The Kier molecular flexibility index (Phi) is 2.41. The first-order valence-electron chi connectivity index (χ1n) is 4.84. The van der Waals surface area contributed by atoms with Gasteiger partial charge in [-0.1, -0.05) is 0 Å². The predicted molar refractivity (Wildman–Crippen MR) is 55.0 cm³/mol. The van der Waals surface area contributed by atoms with Crippen molar-refractivity contribution < 1.29 is 15.0 Å². The highest BCUT2D eigenvalue weighted by atomic mass is 16.4. The number of carboxylic acid groups (broad SMARTS) is 1. The molecule has 5 nitrogen and oxygen atoms in total. The Balaban J connectivity index is 2.40. The van der Waals surface area contributed by atoms with Gasteiger partial charge in [-0.2, -0.15) is 5.26 Å². The van der Waals surface area contributed by atoms with E-state index in [1.54, 1.807) is 6.07 Å². The monoisotopic (exact) mass is 218 g/mol. The van der Waals surface area contributed by atoms with Crippen LogP contribution in [0, 0.1) is 11.3 Å². The van der Waals surface area contributed by atoms with Crippen molar-refractivity contribution >= 4 is 6.09 Å². The number of hydrogen-bond donors (Lipinski definition) is 2. The average Bonchev–Trinajstić information content (AvgIpc) is 2.28. The highest BCUT2D eigenvalue weighted by Crippen LogP contribution is 2.28. The molecule has 1 aliphatic rings. The van der Waals surface area contributed by atoms with Gasteiger partial charge in [0.1, 0.15) is 5.75 Å². The first-order chi connectivity index (χ1) is 7.61. The molecular formula is C11H10N2O3. The van der Waals surface area contributed by atoms with Crippen molar-refractivity contribution in [1.29, 1.82) is 5.26 Å². The number of carbonyl (C=O) groups is 1. The molecule has 0 unspecified atom stereocenters. The molecule has 0 saturated heterocycles. The fraction of sp³-hybridized carbons (Fsp3) is 0.273. The van der Waals surface area contributed by atoms with E-state index in [4.69, 9.17) is 10.4 Å². The van der Waals surface area contributed by atoms with Crippen LogP contribution in [0.1, 0.15) is 16.7 Å². The summed E-state index contributed by atoms with van der Waals surface area (Å²) in [4.78, 5) is 12.0. The molecule has 16 heavy (non-hydrogen) atoms. The van der Waals surface area contributed by atoms with E-state index >= 15 is 0 Å². The third-order valence-electron chi connectivity index (χ3n) is 2.72. The van der Waals surface area contributed by atoms with Gasteiger partial charge in [0.05, 0.1) is 18.2 Å². The van der Waals surface area contributed by atoms with Gasteiger partial charge in [-0.15, -0.1) is 0 Å². The number of fused-ring (bicyclic) bond motifs is 1. The lowest BCUT2D eigenvalue weighted by Gasteiger charge is -2.26. The normalized spacial score (nSPS) is 14.1. The number of benzene rings is 1. The second-order valence-electron chi connectivity index (χ2n) is 3.70. The van der Waals surface area contributed by atoms with Crippen LogP contribution in [0.15, 0.2) is 12.1 Å². The number of amides is 1. The molecule has 0 fully saturated rings. The lowest BCUT2D eigenvalue weighted by Crippen LogP contribution is -2.34.